The molecule has 2 rings (SSSR count). The summed E-state index contributed by atoms with van der Waals surface area (Å²) in [6.45, 7) is -0.504. The van der Waals surface area contributed by atoms with E-state index < -0.39 is 24.2 Å². The molecule has 2 nitrogen and oxygen atoms in total. The monoisotopic (exact) mass is 271 g/mol. The Morgan fingerprint density at radius 2 is 1.89 bits per heavy atom. The van der Waals surface area contributed by atoms with Gasteiger partial charge in [0.1, 0.15) is 5.82 Å². The number of benzene rings is 1. The van der Waals surface area contributed by atoms with E-state index in [9.17, 15) is 17.6 Å². The average molecular weight is 271 g/mol. The molecule has 1 heterocycles. The normalized spacial score (nSPS) is 11.6. The first-order valence-electron chi connectivity index (χ1n) is 5.34. The molecule has 0 fully saturated rings. The molecule has 0 saturated heterocycles. The third-order valence-electron chi connectivity index (χ3n) is 2.57. The minimum Gasteiger partial charge on any atom is -0.392 e. The molecule has 100 valence electrons. The fraction of sp³-hybridized carbons (Fsp3) is 0.154. The van der Waals surface area contributed by atoms with Gasteiger partial charge in [-0.25, -0.2) is 4.39 Å². The van der Waals surface area contributed by atoms with Crippen LogP contribution < -0.4 is 0 Å². The molecule has 0 aliphatic heterocycles. The summed E-state index contributed by atoms with van der Waals surface area (Å²) in [4.78, 5) is 3.74. The summed E-state index contributed by atoms with van der Waals surface area (Å²) >= 11 is 0. The minimum atomic E-state index is -4.46. The van der Waals surface area contributed by atoms with Gasteiger partial charge in [0.15, 0.2) is 0 Å². The van der Waals surface area contributed by atoms with E-state index in [0.29, 0.717) is 0 Å². The van der Waals surface area contributed by atoms with Gasteiger partial charge >= 0.3 is 6.18 Å². The molecule has 0 aliphatic rings. The van der Waals surface area contributed by atoms with Crippen LogP contribution in [0.5, 0.6) is 0 Å². The van der Waals surface area contributed by atoms with Gasteiger partial charge in [0.25, 0.3) is 0 Å². The summed E-state index contributed by atoms with van der Waals surface area (Å²) in [5.74, 6) is -0.653. The summed E-state index contributed by atoms with van der Waals surface area (Å²) in [5.41, 5.74) is -0.367. The Labute approximate surface area is 106 Å². The summed E-state index contributed by atoms with van der Waals surface area (Å²) in [6.07, 6.45) is -3.57. The third-order valence-corrected chi connectivity index (χ3v) is 2.57. The highest BCUT2D eigenvalue weighted by atomic mass is 19.4. The number of aromatic nitrogens is 1. The van der Waals surface area contributed by atoms with E-state index in [0.717, 1.165) is 24.4 Å². The molecule has 2 aromatic rings. The maximum absolute atomic E-state index is 13.0. The molecule has 0 bridgehead atoms. The minimum absolute atomic E-state index is 0.134. The van der Waals surface area contributed by atoms with Crippen molar-refractivity contribution in [3.8, 4) is 11.3 Å². The second-order valence-electron chi connectivity index (χ2n) is 3.90. The summed E-state index contributed by atoms with van der Waals surface area (Å²) in [5, 5.41) is 9.10. The fourth-order valence-electron chi connectivity index (χ4n) is 1.70. The van der Waals surface area contributed by atoms with Gasteiger partial charge in [0.2, 0.25) is 0 Å². The first kappa shape index (κ1) is 13.5. The van der Waals surface area contributed by atoms with Crippen molar-refractivity contribution in [3.05, 3.63) is 53.5 Å². The van der Waals surface area contributed by atoms with Crippen LogP contribution in [0.4, 0.5) is 17.6 Å². The van der Waals surface area contributed by atoms with Crippen molar-refractivity contribution in [2.24, 2.45) is 0 Å². The fourth-order valence-corrected chi connectivity index (χ4v) is 1.70. The zero-order valence-corrected chi connectivity index (χ0v) is 9.58. The van der Waals surface area contributed by atoms with Gasteiger partial charge in [0.05, 0.1) is 24.1 Å². The number of nitrogens with zero attached hydrogens (tertiary/aromatic N) is 1. The Morgan fingerprint density at radius 1 is 1.16 bits per heavy atom. The standard InChI is InChI=1S/C13H9F4NO/c14-11-5-9(7-19)12(18-6-11)8-2-1-3-10(4-8)13(15,16)17/h1-6,19H,7H2. The Bertz CT molecular complexity index is 595. The van der Waals surface area contributed by atoms with Crippen LogP contribution in [-0.2, 0) is 12.8 Å². The number of aliphatic hydroxyl groups excluding tert-OH is 1. The average Bonchev–Trinajstić information content (AvgIpc) is 2.37. The van der Waals surface area contributed by atoms with Crippen LogP contribution in [0.1, 0.15) is 11.1 Å². The molecule has 0 atom stereocenters. The van der Waals surface area contributed by atoms with Crippen molar-refractivity contribution < 1.29 is 22.7 Å². The van der Waals surface area contributed by atoms with Gasteiger partial charge < -0.3 is 5.11 Å². The number of rotatable bonds is 2. The molecular formula is C13H9F4NO. The van der Waals surface area contributed by atoms with Crippen molar-refractivity contribution in [1.82, 2.24) is 4.98 Å². The number of hydrogen-bond acceptors (Lipinski definition) is 2. The van der Waals surface area contributed by atoms with Crippen LogP contribution in [0.2, 0.25) is 0 Å². The molecule has 6 heteroatoms. The molecule has 0 amide bonds. The quantitative estimate of drug-likeness (QED) is 0.849. The molecule has 19 heavy (non-hydrogen) atoms. The van der Waals surface area contributed by atoms with Crippen LogP contribution in [0.25, 0.3) is 11.3 Å². The van der Waals surface area contributed by atoms with E-state index in [-0.39, 0.29) is 16.8 Å². The predicted octanol–water partition coefficient (Wildman–Crippen LogP) is 3.40. The van der Waals surface area contributed by atoms with Gasteiger partial charge in [-0.2, -0.15) is 13.2 Å². The Hall–Kier alpha value is -1.95. The highest BCUT2D eigenvalue weighted by molar-refractivity contribution is 5.63. The first-order valence-corrected chi connectivity index (χ1v) is 5.34. The molecule has 1 N–H and O–H groups in total. The maximum Gasteiger partial charge on any atom is 0.416 e. The number of halogens is 4. The Morgan fingerprint density at radius 3 is 2.53 bits per heavy atom. The highest BCUT2D eigenvalue weighted by Gasteiger charge is 2.30. The predicted molar refractivity (Wildman–Crippen MR) is 60.6 cm³/mol. The second kappa shape index (κ2) is 4.97. The van der Waals surface area contributed by atoms with Crippen molar-refractivity contribution in [2.45, 2.75) is 12.8 Å². The molecule has 0 spiro atoms. The SMILES string of the molecule is OCc1cc(F)cnc1-c1cccc(C(F)(F)F)c1. The molecule has 0 unspecified atom stereocenters. The molecule has 1 aromatic heterocycles. The summed E-state index contributed by atoms with van der Waals surface area (Å²) in [6, 6.07) is 5.56. The topological polar surface area (TPSA) is 33.1 Å². The zero-order valence-electron chi connectivity index (χ0n) is 9.58. The van der Waals surface area contributed by atoms with Crippen LogP contribution in [0.15, 0.2) is 36.5 Å². The van der Waals surface area contributed by atoms with E-state index in [1.54, 1.807) is 0 Å². The lowest BCUT2D eigenvalue weighted by Gasteiger charge is -2.10. The van der Waals surface area contributed by atoms with Crippen LogP contribution >= 0.6 is 0 Å². The first-order chi connectivity index (χ1) is 8.91. The molecule has 0 radical (unpaired) electrons. The second-order valence-corrected chi connectivity index (χ2v) is 3.90. The van der Waals surface area contributed by atoms with Gasteiger partial charge in [-0.05, 0) is 18.2 Å². The number of alkyl halides is 3. The zero-order chi connectivity index (χ0) is 14.0. The molecular weight excluding hydrogens is 262 g/mol. The Balaban J connectivity index is 2.53. The van der Waals surface area contributed by atoms with Gasteiger partial charge in [-0.15, -0.1) is 0 Å². The lowest BCUT2D eigenvalue weighted by atomic mass is 10.0. The Kier molecular flexibility index (Phi) is 3.53. The van der Waals surface area contributed by atoms with Crippen LogP contribution in [0.3, 0.4) is 0 Å². The molecule has 1 aromatic carbocycles. The summed E-state index contributed by atoms with van der Waals surface area (Å²) in [7, 11) is 0. The van der Waals surface area contributed by atoms with Crippen molar-refractivity contribution >= 4 is 0 Å². The lowest BCUT2D eigenvalue weighted by Crippen LogP contribution is -2.05. The number of pyridine rings is 1. The number of hydrogen-bond donors (Lipinski definition) is 1. The van der Waals surface area contributed by atoms with Crippen molar-refractivity contribution in [2.75, 3.05) is 0 Å². The van der Waals surface area contributed by atoms with Crippen LogP contribution in [-0.4, -0.2) is 10.1 Å². The smallest absolute Gasteiger partial charge is 0.392 e. The van der Waals surface area contributed by atoms with Crippen LogP contribution in [0, 0.1) is 5.82 Å². The van der Waals surface area contributed by atoms with Crippen molar-refractivity contribution in [3.63, 3.8) is 0 Å². The molecule has 0 saturated carbocycles. The van der Waals surface area contributed by atoms with E-state index in [1.807, 2.05) is 0 Å². The molecule has 0 aliphatic carbocycles. The maximum atomic E-state index is 13.0. The lowest BCUT2D eigenvalue weighted by molar-refractivity contribution is -0.137. The largest absolute Gasteiger partial charge is 0.416 e. The van der Waals surface area contributed by atoms with Gasteiger partial charge in [0, 0.05) is 11.1 Å². The summed E-state index contributed by atoms with van der Waals surface area (Å²) < 4.78 is 50.8. The van der Waals surface area contributed by atoms with E-state index in [1.165, 1.54) is 12.1 Å². The van der Waals surface area contributed by atoms with E-state index in [4.69, 9.17) is 5.11 Å². The van der Waals surface area contributed by atoms with E-state index >= 15 is 0 Å². The van der Waals surface area contributed by atoms with Gasteiger partial charge in [-0.1, -0.05) is 12.1 Å². The number of aliphatic hydroxyl groups is 1. The van der Waals surface area contributed by atoms with Crippen molar-refractivity contribution in [1.29, 1.82) is 0 Å². The third kappa shape index (κ3) is 2.90. The van der Waals surface area contributed by atoms with E-state index in [2.05, 4.69) is 4.98 Å². The van der Waals surface area contributed by atoms with Gasteiger partial charge in [-0.3, -0.25) is 4.98 Å². The highest BCUT2D eigenvalue weighted by Crippen LogP contribution is 2.32.